The van der Waals surface area contributed by atoms with Crippen LogP contribution in [-0.4, -0.2) is 44.3 Å². The number of hydrogen-bond acceptors (Lipinski definition) is 6. The Balaban J connectivity index is 2.27. The Morgan fingerprint density at radius 1 is 1.17 bits per heavy atom. The lowest BCUT2D eigenvalue weighted by molar-refractivity contribution is 0.0527. The van der Waals surface area contributed by atoms with E-state index in [4.69, 9.17) is 4.74 Å². The van der Waals surface area contributed by atoms with E-state index in [0.717, 1.165) is 10.4 Å². The summed E-state index contributed by atoms with van der Waals surface area (Å²) in [6.45, 7) is 9.19. The van der Waals surface area contributed by atoms with Gasteiger partial charge in [0.15, 0.2) is 0 Å². The number of thiophene rings is 1. The molecule has 7 nitrogen and oxygen atoms in total. The summed E-state index contributed by atoms with van der Waals surface area (Å²) >= 11 is 1.30. The lowest BCUT2D eigenvalue weighted by atomic mass is 10.1. The fourth-order valence-corrected chi connectivity index (χ4v) is 4.97. The van der Waals surface area contributed by atoms with Crippen LogP contribution in [0.3, 0.4) is 0 Å². The summed E-state index contributed by atoms with van der Waals surface area (Å²) < 4.78 is 31.4. The summed E-state index contributed by atoms with van der Waals surface area (Å²) in [7, 11) is -2.11. The summed E-state index contributed by atoms with van der Waals surface area (Å²) in [6, 6.07) is 5.52. The highest BCUT2D eigenvalue weighted by Gasteiger charge is 2.24. The second-order valence-electron chi connectivity index (χ2n) is 6.80. The summed E-state index contributed by atoms with van der Waals surface area (Å²) in [5.41, 5.74) is 1.40. The number of ether oxygens (including phenoxy) is 1. The molecule has 1 aromatic heterocycles. The predicted octanol–water partition coefficient (Wildman–Crippen LogP) is 3.82. The van der Waals surface area contributed by atoms with Gasteiger partial charge in [0.25, 0.3) is 5.91 Å². The van der Waals surface area contributed by atoms with E-state index in [1.807, 2.05) is 6.92 Å². The second kappa shape index (κ2) is 9.06. The third-order valence-corrected chi connectivity index (χ3v) is 7.78. The zero-order valence-corrected chi connectivity index (χ0v) is 19.0. The Morgan fingerprint density at radius 3 is 2.28 bits per heavy atom. The van der Waals surface area contributed by atoms with Crippen molar-refractivity contribution in [2.75, 3.05) is 19.0 Å². The van der Waals surface area contributed by atoms with Crippen molar-refractivity contribution in [2.45, 2.75) is 45.6 Å². The molecule has 2 rings (SSSR count). The molecule has 1 aromatic carbocycles. The average molecular weight is 439 g/mol. The van der Waals surface area contributed by atoms with Crippen LogP contribution in [0.4, 0.5) is 5.00 Å². The number of rotatable bonds is 7. The molecule has 0 aliphatic heterocycles. The normalized spacial score (nSPS) is 11.7. The van der Waals surface area contributed by atoms with Crippen LogP contribution in [0.1, 0.15) is 51.9 Å². The van der Waals surface area contributed by atoms with Crippen molar-refractivity contribution in [1.29, 1.82) is 0 Å². The second-order valence-corrected chi connectivity index (χ2v) is 10.0. The number of hydrogen-bond donors (Lipinski definition) is 1. The van der Waals surface area contributed by atoms with E-state index < -0.39 is 21.9 Å². The van der Waals surface area contributed by atoms with Crippen molar-refractivity contribution in [1.82, 2.24) is 4.31 Å². The van der Waals surface area contributed by atoms with Gasteiger partial charge in [-0.05, 0) is 64.4 Å². The molecule has 0 saturated heterocycles. The van der Waals surface area contributed by atoms with Gasteiger partial charge in [-0.3, -0.25) is 4.79 Å². The first-order valence-corrected chi connectivity index (χ1v) is 11.4. The van der Waals surface area contributed by atoms with Crippen LogP contribution in [0.5, 0.6) is 0 Å². The molecule has 0 aliphatic rings. The number of carbonyl (C=O) groups excluding carboxylic acids is 2. The number of carbonyl (C=O) groups is 2. The minimum atomic E-state index is -3.62. The molecule has 9 heteroatoms. The smallest absolute Gasteiger partial charge is 0.341 e. The number of nitrogens with zero attached hydrogens (tertiary/aromatic N) is 1. The zero-order valence-electron chi connectivity index (χ0n) is 17.4. The molecule has 0 saturated carbocycles. The topological polar surface area (TPSA) is 92.8 Å². The van der Waals surface area contributed by atoms with E-state index in [2.05, 4.69) is 5.32 Å². The highest BCUT2D eigenvalue weighted by Crippen LogP contribution is 2.33. The van der Waals surface area contributed by atoms with Crippen LogP contribution >= 0.6 is 11.3 Å². The molecule has 0 fully saturated rings. The van der Waals surface area contributed by atoms with Gasteiger partial charge in [0.1, 0.15) is 5.00 Å². The Morgan fingerprint density at radius 2 is 1.76 bits per heavy atom. The number of sulfonamides is 1. The van der Waals surface area contributed by atoms with Gasteiger partial charge in [0.05, 0.1) is 17.1 Å². The van der Waals surface area contributed by atoms with Crippen LogP contribution in [0.25, 0.3) is 0 Å². The molecule has 0 atom stereocenters. The summed E-state index contributed by atoms with van der Waals surface area (Å²) in [5.74, 6) is -0.916. The maximum absolute atomic E-state index is 12.7. The van der Waals surface area contributed by atoms with Gasteiger partial charge in [-0.25, -0.2) is 13.2 Å². The Kier molecular flexibility index (Phi) is 7.20. The third-order valence-electron chi connectivity index (χ3n) is 4.61. The quantitative estimate of drug-likeness (QED) is 0.664. The van der Waals surface area contributed by atoms with Gasteiger partial charge in [0.2, 0.25) is 10.0 Å². The van der Waals surface area contributed by atoms with E-state index in [-0.39, 0.29) is 23.1 Å². The first kappa shape index (κ1) is 23.1. The fourth-order valence-electron chi connectivity index (χ4n) is 2.56. The van der Waals surface area contributed by atoms with Gasteiger partial charge in [-0.15, -0.1) is 11.3 Å². The van der Waals surface area contributed by atoms with Crippen molar-refractivity contribution in [3.05, 3.63) is 45.8 Å². The van der Waals surface area contributed by atoms with Crippen molar-refractivity contribution < 1.29 is 22.7 Å². The first-order chi connectivity index (χ1) is 13.5. The number of amides is 1. The third kappa shape index (κ3) is 4.85. The van der Waals surface area contributed by atoms with Gasteiger partial charge in [-0.2, -0.15) is 4.31 Å². The summed E-state index contributed by atoms with van der Waals surface area (Å²) in [6.07, 6.45) is 0. The lowest BCUT2D eigenvalue weighted by Crippen LogP contribution is -2.33. The molecule has 1 N–H and O–H groups in total. The zero-order chi connectivity index (χ0) is 21.9. The first-order valence-electron chi connectivity index (χ1n) is 9.17. The molecule has 1 heterocycles. The van der Waals surface area contributed by atoms with Crippen molar-refractivity contribution >= 4 is 38.2 Å². The molecule has 0 radical (unpaired) electrons. The van der Waals surface area contributed by atoms with Crippen molar-refractivity contribution in [3.63, 3.8) is 0 Å². The average Bonchev–Trinajstić information content (AvgIpc) is 2.94. The number of aryl methyl sites for hydroxylation is 1. The van der Waals surface area contributed by atoms with Crippen LogP contribution < -0.4 is 5.32 Å². The van der Waals surface area contributed by atoms with Gasteiger partial charge >= 0.3 is 5.97 Å². The molecule has 29 heavy (non-hydrogen) atoms. The molecule has 1 amide bonds. The monoisotopic (exact) mass is 438 g/mol. The number of anilines is 1. The Hall–Kier alpha value is -2.23. The largest absolute Gasteiger partial charge is 0.462 e. The minimum Gasteiger partial charge on any atom is -0.462 e. The number of esters is 1. The predicted molar refractivity (Wildman–Crippen MR) is 114 cm³/mol. The van der Waals surface area contributed by atoms with Crippen LogP contribution in [0.2, 0.25) is 0 Å². The highest BCUT2D eigenvalue weighted by atomic mass is 32.2. The molecule has 158 valence electrons. The molecule has 0 aliphatic carbocycles. The fraction of sp³-hybridized carbons (Fsp3) is 0.400. The molecular weight excluding hydrogens is 412 g/mol. The van der Waals surface area contributed by atoms with Crippen molar-refractivity contribution in [2.24, 2.45) is 0 Å². The van der Waals surface area contributed by atoms with E-state index >= 15 is 0 Å². The van der Waals surface area contributed by atoms with E-state index in [9.17, 15) is 18.0 Å². The Labute approximate surface area is 175 Å². The van der Waals surface area contributed by atoms with Gasteiger partial charge in [-0.1, -0.05) is 0 Å². The van der Waals surface area contributed by atoms with Crippen LogP contribution in [0, 0.1) is 13.8 Å². The standard InChI is InChI=1S/C20H26N2O5S2/c1-7-27-20(24)17-13(4)14(5)28-19(17)21-18(23)15-8-10-16(11-9-15)29(25,26)22(6)12(2)3/h8-12H,7H2,1-6H3,(H,21,23). The Bertz CT molecular complexity index is 1010. The van der Waals surface area contributed by atoms with Crippen LogP contribution in [-0.2, 0) is 14.8 Å². The maximum Gasteiger partial charge on any atom is 0.341 e. The lowest BCUT2D eigenvalue weighted by Gasteiger charge is -2.21. The molecular formula is C20H26N2O5S2. The molecule has 2 aromatic rings. The van der Waals surface area contributed by atoms with E-state index in [0.29, 0.717) is 10.6 Å². The number of nitrogens with one attached hydrogen (secondary N) is 1. The molecule has 0 bridgehead atoms. The highest BCUT2D eigenvalue weighted by molar-refractivity contribution is 7.89. The van der Waals surface area contributed by atoms with Gasteiger partial charge < -0.3 is 10.1 Å². The minimum absolute atomic E-state index is 0.111. The SMILES string of the molecule is CCOC(=O)c1c(NC(=O)c2ccc(S(=O)(=O)N(C)C(C)C)cc2)sc(C)c1C. The maximum atomic E-state index is 12.7. The summed E-state index contributed by atoms with van der Waals surface area (Å²) in [5, 5.41) is 3.16. The molecule has 0 unspecified atom stereocenters. The van der Waals surface area contributed by atoms with E-state index in [1.54, 1.807) is 27.7 Å². The summed E-state index contributed by atoms with van der Waals surface area (Å²) in [4.78, 5) is 25.9. The van der Waals surface area contributed by atoms with E-state index in [1.165, 1.54) is 47.0 Å². The van der Waals surface area contributed by atoms with Gasteiger partial charge in [0, 0.05) is 23.5 Å². The van der Waals surface area contributed by atoms with Crippen LogP contribution in [0.15, 0.2) is 29.2 Å². The molecule has 0 spiro atoms. The number of benzene rings is 1. The van der Waals surface area contributed by atoms with Crippen molar-refractivity contribution in [3.8, 4) is 0 Å².